The Balaban J connectivity index is 1.71. The number of carbonyl (C=O) groups excluding carboxylic acids is 1. The van der Waals surface area contributed by atoms with Crippen LogP contribution in [0.15, 0.2) is 79.1 Å². The van der Waals surface area contributed by atoms with Crippen molar-refractivity contribution in [1.29, 1.82) is 5.26 Å². The number of likely N-dealkylation sites (N-methyl/N-ethyl adjacent to an activating group) is 1. The third-order valence-corrected chi connectivity index (χ3v) is 7.73. The van der Waals surface area contributed by atoms with Crippen molar-refractivity contribution >= 4 is 30.5 Å². The van der Waals surface area contributed by atoms with Gasteiger partial charge in [-0.3, -0.25) is 18.4 Å². The normalized spacial score (nSPS) is 11.8. The molecule has 0 bridgehead atoms. The van der Waals surface area contributed by atoms with E-state index in [-0.39, 0.29) is 25.9 Å². The van der Waals surface area contributed by atoms with Gasteiger partial charge in [-0.1, -0.05) is 30.3 Å². The molecule has 0 unspecified atom stereocenters. The predicted octanol–water partition coefficient (Wildman–Crippen LogP) is 6.45. The molecule has 2 heterocycles. The number of nitrogens with one attached hydrogen (secondary N) is 1. The first-order valence-corrected chi connectivity index (χ1v) is 15.0. The highest BCUT2D eigenvalue weighted by molar-refractivity contribution is 7.48. The molecule has 2 aromatic heterocycles. The fourth-order valence-corrected chi connectivity index (χ4v) is 5.43. The first-order chi connectivity index (χ1) is 20.2. The lowest BCUT2D eigenvalue weighted by molar-refractivity contribution is -0.111. The Morgan fingerprint density at radius 2 is 1.79 bits per heavy atom. The van der Waals surface area contributed by atoms with Crippen LogP contribution in [0.5, 0.6) is 0 Å². The molecule has 2 aromatic carbocycles. The number of benzene rings is 2. The van der Waals surface area contributed by atoms with Crippen molar-refractivity contribution in [1.82, 2.24) is 14.5 Å². The van der Waals surface area contributed by atoms with Crippen molar-refractivity contribution in [2.75, 3.05) is 39.2 Å². The van der Waals surface area contributed by atoms with E-state index in [1.165, 1.54) is 6.08 Å². The maximum Gasteiger partial charge on any atom is 0.476 e. The molecule has 218 valence electrons. The third kappa shape index (κ3) is 7.79. The van der Waals surface area contributed by atoms with Gasteiger partial charge in [-0.15, -0.1) is 0 Å². The number of nitriles is 1. The first-order valence-electron chi connectivity index (χ1n) is 13.5. The second kappa shape index (κ2) is 14.2. The van der Waals surface area contributed by atoms with Crippen LogP contribution < -0.4 is 5.32 Å². The van der Waals surface area contributed by atoms with Crippen LogP contribution in [0.3, 0.4) is 0 Å². The Labute approximate surface area is 245 Å². The number of nitrogens with zero attached hydrogens (tertiary/aromatic N) is 4. The van der Waals surface area contributed by atoms with E-state index >= 15 is 0 Å². The molecule has 1 amide bonds. The molecule has 0 spiro atoms. The Morgan fingerprint density at radius 1 is 1.05 bits per heavy atom. The van der Waals surface area contributed by atoms with E-state index in [4.69, 9.17) is 18.6 Å². The summed E-state index contributed by atoms with van der Waals surface area (Å²) in [6, 6.07) is 19.0. The molecule has 1 N–H and O–H groups in total. The third-order valence-electron chi connectivity index (χ3n) is 6.15. The summed E-state index contributed by atoms with van der Waals surface area (Å²) in [4.78, 5) is 19.1. The van der Waals surface area contributed by atoms with Gasteiger partial charge in [0.05, 0.1) is 24.8 Å². The van der Waals surface area contributed by atoms with E-state index in [2.05, 4.69) is 11.4 Å². The van der Waals surface area contributed by atoms with E-state index in [0.29, 0.717) is 23.4 Å². The van der Waals surface area contributed by atoms with Crippen molar-refractivity contribution in [3.63, 3.8) is 0 Å². The number of phosphoric acid groups is 1. The van der Waals surface area contributed by atoms with Gasteiger partial charge in [0.2, 0.25) is 5.91 Å². The number of anilines is 1. The summed E-state index contributed by atoms with van der Waals surface area (Å²) >= 11 is 0. The lowest BCUT2D eigenvalue weighted by Crippen LogP contribution is -2.12. The second-order valence-corrected chi connectivity index (χ2v) is 11.2. The highest BCUT2D eigenvalue weighted by Crippen LogP contribution is 2.49. The molecule has 10 nitrogen and oxygen atoms in total. The minimum Gasteiger partial charge on any atom is -0.323 e. The van der Waals surface area contributed by atoms with Crippen molar-refractivity contribution < 1.29 is 22.9 Å². The summed E-state index contributed by atoms with van der Waals surface area (Å²) in [6.45, 7) is 4.31. The zero-order valence-electron chi connectivity index (χ0n) is 24.1. The molecule has 0 aliphatic carbocycles. The van der Waals surface area contributed by atoms with Crippen molar-refractivity contribution in [2.24, 2.45) is 0 Å². The van der Waals surface area contributed by atoms with Gasteiger partial charge in [-0.2, -0.15) is 5.26 Å². The van der Waals surface area contributed by atoms with Crippen molar-refractivity contribution in [3.05, 3.63) is 84.7 Å². The fraction of sp³-hybridized carbons (Fsp3) is 0.258. The fourth-order valence-electron chi connectivity index (χ4n) is 4.31. The van der Waals surface area contributed by atoms with Gasteiger partial charge in [0.1, 0.15) is 12.4 Å². The number of hydrogen-bond donors (Lipinski definition) is 1. The summed E-state index contributed by atoms with van der Waals surface area (Å²) in [5.74, 6) is -0.212. The Morgan fingerprint density at radius 3 is 2.50 bits per heavy atom. The van der Waals surface area contributed by atoms with E-state index in [9.17, 15) is 14.6 Å². The van der Waals surface area contributed by atoms with Gasteiger partial charge >= 0.3 is 7.82 Å². The van der Waals surface area contributed by atoms with E-state index < -0.39 is 7.82 Å². The molecule has 0 radical (unpaired) electrons. The van der Waals surface area contributed by atoms with Crippen LogP contribution in [-0.2, 0) is 29.7 Å². The lowest BCUT2D eigenvalue weighted by Gasteiger charge is -2.16. The number of aromatic nitrogens is 2. The zero-order valence-corrected chi connectivity index (χ0v) is 25.0. The van der Waals surface area contributed by atoms with Gasteiger partial charge in [0.25, 0.3) is 0 Å². The zero-order chi connectivity index (χ0) is 30.1. The summed E-state index contributed by atoms with van der Waals surface area (Å²) in [7, 11) is 0.110. The highest BCUT2D eigenvalue weighted by atomic mass is 31.2. The number of pyridine rings is 1. The first kappa shape index (κ1) is 30.8. The van der Waals surface area contributed by atoms with Crippen molar-refractivity contribution in [3.8, 4) is 28.3 Å². The number of carbonyl (C=O) groups is 1. The van der Waals surface area contributed by atoms with E-state index in [1.54, 1.807) is 42.8 Å². The maximum atomic E-state index is 12.9. The van der Waals surface area contributed by atoms with Gasteiger partial charge in [0.15, 0.2) is 0 Å². The topological polar surface area (TPSA) is 119 Å². The van der Waals surface area contributed by atoms with Crippen molar-refractivity contribution in [2.45, 2.75) is 20.6 Å². The quantitative estimate of drug-likeness (QED) is 0.140. The molecular weight excluding hydrogens is 553 g/mol. The van der Waals surface area contributed by atoms with Crippen LogP contribution in [0.1, 0.15) is 19.4 Å². The average molecular weight is 588 g/mol. The number of rotatable bonds is 13. The summed E-state index contributed by atoms with van der Waals surface area (Å²) in [5.41, 5.74) is 5.09. The van der Waals surface area contributed by atoms with Crippen LogP contribution in [0.4, 0.5) is 5.69 Å². The summed E-state index contributed by atoms with van der Waals surface area (Å²) in [6.07, 6.45) is 6.90. The predicted molar refractivity (Wildman–Crippen MR) is 164 cm³/mol. The number of fused-ring (bicyclic) bond motifs is 1. The van der Waals surface area contributed by atoms with Gasteiger partial charge in [-0.25, -0.2) is 9.55 Å². The van der Waals surface area contributed by atoms with Gasteiger partial charge in [-0.05, 0) is 69.4 Å². The Bertz CT molecular complexity index is 1660. The standard InChI is InChI=1S/C31H34N5O5P/c1-5-39-42(38,40-6-2)41-22-36-21-29(25-12-7-10-23(16-25)19-32)28-18-26(20-33-31(28)36)24-11-8-13-27(17-24)34-30(37)14-9-15-35(3)4/h7-14,16-18,20-21H,5-6,15,22H2,1-4H3,(H,34,37)/b14-9+. The van der Waals surface area contributed by atoms with Gasteiger partial charge < -0.3 is 14.8 Å². The molecule has 4 rings (SSSR count). The highest BCUT2D eigenvalue weighted by Gasteiger charge is 2.26. The minimum absolute atomic E-state index is 0.124. The van der Waals surface area contributed by atoms with E-state index in [0.717, 1.165) is 27.6 Å². The molecule has 11 heteroatoms. The molecule has 0 aliphatic rings. The molecule has 0 saturated heterocycles. The molecule has 0 saturated carbocycles. The van der Waals surface area contributed by atoms with Crippen LogP contribution in [0.25, 0.3) is 33.3 Å². The largest absolute Gasteiger partial charge is 0.476 e. The molecular formula is C31H34N5O5P. The Hall–Kier alpha value is -4.10. The van der Waals surface area contributed by atoms with E-state index in [1.807, 2.05) is 67.7 Å². The molecule has 0 fully saturated rings. The van der Waals surface area contributed by atoms with Crippen LogP contribution in [0, 0.1) is 11.3 Å². The van der Waals surface area contributed by atoms with Crippen LogP contribution >= 0.6 is 7.82 Å². The number of amides is 1. The monoisotopic (exact) mass is 587 g/mol. The smallest absolute Gasteiger partial charge is 0.323 e. The minimum atomic E-state index is -3.76. The lowest BCUT2D eigenvalue weighted by atomic mass is 10.0. The van der Waals surface area contributed by atoms with Crippen LogP contribution in [-0.4, -0.2) is 54.2 Å². The molecule has 4 aromatic rings. The summed E-state index contributed by atoms with van der Waals surface area (Å²) in [5, 5.41) is 13.2. The Kier molecular flexibility index (Phi) is 10.4. The maximum absolute atomic E-state index is 12.9. The second-order valence-electron chi connectivity index (χ2n) is 9.58. The number of phosphoric ester groups is 1. The molecule has 0 atom stereocenters. The van der Waals surface area contributed by atoms with Crippen LogP contribution in [0.2, 0.25) is 0 Å². The van der Waals surface area contributed by atoms with Gasteiger partial charge in [0, 0.05) is 47.2 Å². The molecule has 0 aliphatic heterocycles. The SMILES string of the molecule is CCOP(=O)(OCC)OCn1cc(-c2cccc(C#N)c2)c2cc(-c3cccc(NC(=O)/C=C/CN(C)C)c3)cnc21. The average Bonchev–Trinajstić information content (AvgIpc) is 3.34. The molecule has 42 heavy (non-hydrogen) atoms. The number of hydrogen-bond acceptors (Lipinski definition) is 8. The summed E-state index contributed by atoms with van der Waals surface area (Å²) < 4.78 is 30.9.